The van der Waals surface area contributed by atoms with Gasteiger partial charge in [0.2, 0.25) is 10.7 Å². The summed E-state index contributed by atoms with van der Waals surface area (Å²) in [6, 6.07) is 4.18. The van der Waals surface area contributed by atoms with Gasteiger partial charge in [-0.25, -0.2) is 9.36 Å². The van der Waals surface area contributed by atoms with E-state index < -0.39 is 0 Å². The van der Waals surface area contributed by atoms with Crippen molar-refractivity contribution in [3.05, 3.63) is 35.1 Å². The lowest BCUT2D eigenvalue weighted by atomic mass is 10.1. The summed E-state index contributed by atoms with van der Waals surface area (Å²) in [5, 5.41) is 7.68. The van der Waals surface area contributed by atoms with Crippen LogP contribution in [0.2, 0.25) is 0 Å². The molecule has 6 nitrogen and oxygen atoms in total. The summed E-state index contributed by atoms with van der Waals surface area (Å²) in [6.45, 7) is 2.21. The Morgan fingerprint density at radius 2 is 1.92 bits per heavy atom. The van der Waals surface area contributed by atoms with Gasteiger partial charge in [-0.15, -0.1) is 0 Å². The summed E-state index contributed by atoms with van der Waals surface area (Å²) >= 11 is 5.53. The minimum atomic E-state index is -0.00203. The van der Waals surface area contributed by atoms with Crippen LogP contribution in [0.1, 0.15) is 51.3 Å². The lowest BCUT2D eigenvalue weighted by Gasteiger charge is -2.16. The number of aryl methyl sites for hydroxylation is 1. The number of hydrogen-bond donors (Lipinski definition) is 1. The average molecular weight is 347 g/mol. The van der Waals surface area contributed by atoms with Crippen LogP contribution in [0, 0.1) is 4.77 Å². The van der Waals surface area contributed by atoms with Crippen molar-refractivity contribution in [2.75, 3.05) is 0 Å². The molecule has 130 valence electrons. The van der Waals surface area contributed by atoms with Crippen LogP contribution >= 0.6 is 12.2 Å². The first kappa shape index (κ1) is 17.0. The molecule has 2 aromatic heterocycles. The number of aromatic nitrogens is 4. The van der Waals surface area contributed by atoms with Gasteiger partial charge in [0.05, 0.1) is 0 Å². The maximum absolute atomic E-state index is 12.4. The predicted molar refractivity (Wildman–Crippen MR) is 95.3 cm³/mol. The lowest BCUT2D eigenvalue weighted by molar-refractivity contribution is -0.122. The molecule has 1 aliphatic rings. The van der Waals surface area contributed by atoms with Gasteiger partial charge in [0, 0.05) is 24.9 Å². The Morgan fingerprint density at radius 1 is 1.25 bits per heavy atom. The summed E-state index contributed by atoms with van der Waals surface area (Å²) in [4.78, 5) is 12.4. The number of carbonyl (C=O) groups is 1. The first-order chi connectivity index (χ1) is 11.7. The molecule has 1 N–H and O–H groups in total. The van der Waals surface area contributed by atoms with Gasteiger partial charge in [0.15, 0.2) is 5.82 Å². The van der Waals surface area contributed by atoms with Crippen molar-refractivity contribution in [2.45, 2.75) is 64.5 Å². The quantitative estimate of drug-likeness (QED) is 0.668. The monoisotopic (exact) mass is 347 g/mol. The van der Waals surface area contributed by atoms with Gasteiger partial charge in [-0.3, -0.25) is 9.47 Å². The zero-order valence-electron chi connectivity index (χ0n) is 14.1. The lowest BCUT2D eigenvalue weighted by Crippen LogP contribution is -2.37. The van der Waals surface area contributed by atoms with Crippen LogP contribution < -0.4 is 5.32 Å². The van der Waals surface area contributed by atoms with Crippen LogP contribution in [0.3, 0.4) is 0 Å². The van der Waals surface area contributed by atoms with E-state index >= 15 is 0 Å². The molecule has 7 heteroatoms. The highest BCUT2D eigenvalue weighted by Gasteiger charge is 2.17. The molecule has 24 heavy (non-hydrogen) atoms. The first-order valence-corrected chi connectivity index (χ1v) is 9.21. The summed E-state index contributed by atoms with van der Waals surface area (Å²) in [6.07, 6.45) is 11.7. The zero-order valence-corrected chi connectivity index (χ0v) is 15.0. The second-order valence-corrected chi connectivity index (χ2v) is 6.71. The van der Waals surface area contributed by atoms with E-state index in [9.17, 15) is 4.79 Å². The Kier molecular flexibility index (Phi) is 5.50. The molecule has 2 heterocycles. The highest BCUT2D eigenvalue weighted by atomic mass is 32.1. The van der Waals surface area contributed by atoms with E-state index in [4.69, 9.17) is 12.2 Å². The first-order valence-electron chi connectivity index (χ1n) is 8.80. The average Bonchev–Trinajstić information content (AvgIpc) is 3.10. The van der Waals surface area contributed by atoms with E-state index in [0.29, 0.717) is 10.8 Å². The van der Waals surface area contributed by atoms with Crippen molar-refractivity contribution in [2.24, 2.45) is 0 Å². The number of rotatable bonds is 5. The maximum Gasteiger partial charge on any atom is 0.242 e. The van der Waals surface area contributed by atoms with Crippen molar-refractivity contribution >= 4 is 18.1 Å². The summed E-state index contributed by atoms with van der Waals surface area (Å²) in [7, 11) is 0. The molecule has 0 spiro atoms. The third-order valence-corrected chi connectivity index (χ3v) is 4.92. The number of nitrogens with one attached hydrogen (secondary N) is 1. The van der Waals surface area contributed by atoms with Gasteiger partial charge in [-0.05, 0) is 37.2 Å². The zero-order chi connectivity index (χ0) is 16.9. The Hall–Kier alpha value is -1.89. The second kappa shape index (κ2) is 7.79. The third-order valence-electron chi connectivity index (χ3n) is 4.53. The van der Waals surface area contributed by atoms with Gasteiger partial charge >= 0.3 is 0 Å². The number of nitrogens with zero attached hydrogens (tertiary/aromatic N) is 4. The van der Waals surface area contributed by atoms with Crippen molar-refractivity contribution in [1.82, 2.24) is 24.4 Å². The van der Waals surface area contributed by atoms with Gasteiger partial charge in [0.1, 0.15) is 6.54 Å². The third kappa shape index (κ3) is 3.77. The van der Waals surface area contributed by atoms with Crippen molar-refractivity contribution in [3.63, 3.8) is 0 Å². The van der Waals surface area contributed by atoms with Crippen molar-refractivity contribution in [3.8, 4) is 0 Å². The highest BCUT2D eigenvalue weighted by Crippen LogP contribution is 2.17. The van der Waals surface area contributed by atoms with E-state index in [0.717, 1.165) is 25.1 Å². The molecule has 0 aliphatic heterocycles. The normalized spacial score (nSPS) is 16.0. The van der Waals surface area contributed by atoms with Crippen molar-refractivity contribution < 1.29 is 4.79 Å². The summed E-state index contributed by atoms with van der Waals surface area (Å²) < 4.78 is 5.93. The van der Waals surface area contributed by atoms with E-state index in [1.54, 1.807) is 4.68 Å². The standard InChI is InChI=1S/C17H25N5OS/c1-2-15-19-21(17(24)22(15)20-11-7-8-12-20)13-16(23)18-14-9-5-3-4-6-10-14/h7-8,11-12,14H,2-6,9-10,13H2,1H3,(H,18,23). The fraction of sp³-hybridized carbons (Fsp3) is 0.588. The second-order valence-electron chi connectivity index (χ2n) is 6.34. The molecular formula is C17H25N5OS. The Balaban J connectivity index is 1.73. The topological polar surface area (TPSA) is 56.8 Å². The molecule has 1 amide bonds. The number of carbonyl (C=O) groups excluding carboxylic acids is 1. The minimum Gasteiger partial charge on any atom is -0.352 e. The molecule has 0 atom stereocenters. The smallest absolute Gasteiger partial charge is 0.242 e. The number of amides is 1. The molecule has 0 saturated heterocycles. The van der Waals surface area contributed by atoms with E-state index in [1.165, 1.54) is 25.7 Å². The highest BCUT2D eigenvalue weighted by molar-refractivity contribution is 7.71. The fourth-order valence-electron chi connectivity index (χ4n) is 3.29. The van der Waals surface area contributed by atoms with E-state index in [2.05, 4.69) is 10.4 Å². The van der Waals surface area contributed by atoms with E-state index in [1.807, 2.05) is 40.8 Å². The molecule has 3 rings (SSSR count). The van der Waals surface area contributed by atoms with Gasteiger partial charge in [-0.1, -0.05) is 32.6 Å². The molecule has 1 aliphatic carbocycles. The van der Waals surface area contributed by atoms with Gasteiger partial charge in [0.25, 0.3) is 0 Å². The Labute approximate surface area is 147 Å². The van der Waals surface area contributed by atoms with Crippen LogP contribution in [0.15, 0.2) is 24.5 Å². The summed E-state index contributed by atoms with van der Waals surface area (Å²) in [5.41, 5.74) is 0. The summed E-state index contributed by atoms with van der Waals surface area (Å²) in [5.74, 6) is 0.844. The molecule has 0 unspecified atom stereocenters. The molecule has 1 saturated carbocycles. The Morgan fingerprint density at radius 3 is 2.54 bits per heavy atom. The van der Waals surface area contributed by atoms with Crippen LogP contribution in [0.25, 0.3) is 0 Å². The van der Waals surface area contributed by atoms with E-state index in [-0.39, 0.29) is 12.5 Å². The molecule has 2 aromatic rings. The SMILES string of the molecule is CCc1nn(CC(=O)NC2CCCCCC2)c(=S)n1-n1cccc1. The molecule has 1 fully saturated rings. The van der Waals surface area contributed by atoms with Crippen molar-refractivity contribution in [1.29, 1.82) is 0 Å². The minimum absolute atomic E-state index is 0.00203. The van der Waals surface area contributed by atoms with Crippen LogP contribution in [0.4, 0.5) is 0 Å². The molecular weight excluding hydrogens is 322 g/mol. The maximum atomic E-state index is 12.4. The molecule has 0 aromatic carbocycles. The largest absolute Gasteiger partial charge is 0.352 e. The van der Waals surface area contributed by atoms with Crippen LogP contribution in [-0.4, -0.2) is 31.1 Å². The number of hydrogen-bond acceptors (Lipinski definition) is 3. The van der Waals surface area contributed by atoms with Gasteiger partial charge < -0.3 is 5.32 Å². The van der Waals surface area contributed by atoms with Crippen LogP contribution in [-0.2, 0) is 17.8 Å². The fourth-order valence-corrected chi connectivity index (χ4v) is 3.60. The predicted octanol–water partition coefficient (Wildman–Crippen LogP) is 2.93. The van der Waals surface area contributed by atoms with Gasteiger partial charge in [-0.2, -0.15) is 5.10 Å². The van der Waals surface area contributed by atoms with Crippen LogP contribution in [0.5, 0.6) is 0 Å². The molecule has 0 bridgehead atoms. The Bertz CT molecular complexity index is 723. The molecule has 0 radical (unpaired) electrons.